The van der Waals surface area contributed by atoms with Gasteiger partial charge in [-0.3, -0.25) is 37.3 Å². The Kier molecular flexibility index (Phi) is 61.5. The summed E-state index contributed by atoms with van der Waals surface area (Å²) in [6.45, 7) is 11.9. The minimum atomic E-state index is -4.95. The Balaban J connectivity index is 5.23. The summed E-state index contributed by atoms with van der Waals surface area (Å²) in [7, 11) is -9.90. The summed E-state index contributed by atoms with van der Waals surface area (Å²) in [6, 6.07) is 0. The molecule has 0 rings (SSSR count). The van der Waals surface area contributed by atoms with Crippen LogP contribution in [0.2, 0.25) is 0 Å². The number of hydrogen-bond acceptors (Lipinski definition) is 15. The van der Waals surface area contributed by atoms with E-state index < -0.39 is 97.5 Å². The largest absolute Gasteiger partial charge is 0.472 e. The van der Waals surface area contributed by atoms with E-state index in [-0.39, 0.29) is 25.7 Å². The van der Waals surface area contributed by atoms with Gasteiger partial charge in [-0.15, -0.1) is 0 Å². The van der Waals surface area contributed by atoms with E-state index in [0.29, 0.717) is 25.7 Å². The van der Waals surface area contributed by atoms with Crippen LogP contribution in [0.15, 0.2) is 0 Å². The lowest BCUT2D eigenvalue weighted by atomic mass is 9.99. The topological polar surface area (TPSA) is 237 Å². The third kappa shape index (κ3) is 65.1. The van der Waals surface area contributed by atoms with E-state index in [2.05, 4.69) is 48.5 Å². The highest BCUT2D eigenvalue weighted by Gasteiger charge is 2.30. The van der Waals surface area contributed by atoms with Gasteiger partial charge in [0.1, 0.15) is 19.3 Å². The molecule has 6 atom stereocenters. The van der Waals surface area contributed by atoms with Crippen LogP contribution >= 0.6 is 15.6 Å². The van der Waals surface area contributed by atoms with E-state index in [1.54, 1.807) is 0 Å². The van der Waals surface area contributed by atoms with Gasteiger partial charge in [0.2, 0.25) is 0 Å². The van der Waals surface area contributed by atoms with Crippen molar-refractivity contribution >= 4 is 39.5 Å². The summed E-state index contributed by atoms with van der Waals surface area (Å²) >= 11 is 0. The van der Waals surface area contributed by atoms with Gasteiger partial charge in [-0.1, -0.05) is 312 Å². The van der Waals surface area contributed by atoms with Crippen LogP contribution in [-0.2, 0) is 65.4 Å². The first-order chi connectivity index (χ1) is 43.8. The van der Waals surface area contributed by atoms with Crippen LogP contribution in [0, 0.1) is 17.8 Å². The predicted octanol–water partition coefficient (Wildman–Crippen LogP) is 20.6. The summed E-state index contributed by atoms with van der Waals surface area (Å²) in [6.07, 6.45) is 47.1. The lowest BCUT2D eigenvalue weighted by Crippen LogP contribution is -2.30. The third-order valence-corrected chi connectivity index (χ3v) is 18.9. The monoisotopic (exact) mass is 1340 g/mol. The summed E-state index contributed by atoms with van der Waals surface area (Å²) < 4.78 is 68.3. The fraction of sp³-hybridized carbons (Fsp3) is 0.944. The number of esters is 4. The lowest BCUT2D eigenvalue weighted by molar-refractivity contribution is -0.161. The number of aliphatic hydroxyl groups excluding tert-OH is 1. The molecule has 540 valence electrons. The number of carbonyl (C=O) groups excluding carboxylic acids is 4. The second-order valence-corrected chi connectivity index (χ2v) is 30.1. The molecule has 0 bridgehead atoms. The molecule has 0 aliphatic rings. The van der Waals surface area contributed by atoms with Gasteiger partial charge in [-0.25, -0.2) is 9.13 Å². The maximum Gasteiger partial charge on any atom is 0.472 e. The van der Waals surface area contributed by atoms with E-state index in [1.165, 1.54) is 173 Å². The van der Waals surface area contributed by atoms with E-state index in [9.17, 15) is 43.2 Å². The molecule has 0 aromatic rings. The molecule has 91 heavy (non-hydrogen) atoms. The number of hydrogen-bond donors (Lipinski definition) is 3. The van der Waals surface area contributed by atoms with Crippen molar-refractivity contribution in [2.24, 2.45) is 17.8 Å². The van der Waals surface area contributed by atoms with E-state index in [0.717, 1.165) is 108 Å². The molecule has 0 amide bonds. The number of phosphoric acid groups is 2. The Morgan fingerprint density at radius 3 is 0.835 bits per heavy atom. The first kappa shape index (κ1) is 89.1. The average Bonchev–Trinajstić information content (AvgIpc) is 3.62. The fourth-order valence-electron chi connectivity index (χ4n) is 10.9. The number of unbranched alkanes of at least 4 members (excludes halogenated alkanes) is 37. The van der Waals surface area contributed by atoms with Gasteiger partial charge in [0.25, 0.3) is 0 Å². The molecule has 19 heteroatoms. The van der Waals surface area contributed by atoms with Crippen molar-refractivity contribution < 1.29 is 80.2 Å². The lowest BCUT2D eigenvalue weighted by Gasteiger charge is -2.21. The summed E-state index contributed by atoms with van der Waals surface area (Å²) in [5.74, 6) is 0.201. The molecule has 0 fully saturated rings. The predicted molar refractivity (Wildman–Crippen MR) is 368 cm³/mol. The number of ether oxygens (including phenoxy) is 4. The number of aliphatic hydroxyl groups is 1. The van der Waals surface area contributed by atoms with Gasteiger partial charge in [-0.05, 0) is 43.4 Å². The molecular formula is C72H140O17P2. The Morgan fingerprint density at radius 1 is 0.319 bits per heavy atom. The summed E-state index contributed by atoms with van der Waals surface area (Å²) in [5, 5.41) is 10.6. The molecular weight excluding hydrogens is 1200 g/mol. The molecule has 0 aromatic carbocycles. The quantitative estimate of drug-likeness (QED) is 0.0222. The highest BCUT2D eigenvalue weighted by Crippen LogP contribution is 2.45. The van der Waals surface area contributed by atoms with Gasteiger partial charge in [0, 0.05) is 25.7 Å². The van der Waals surface area contributed by atoms with Gasteiger partial charge < -0.3 is 33.8 Å². The van der Waals surface area contributed by atoms with Crippen LogP contribution in [0.1, 0.15) is 363 Å². The van der Waals surface area contributed by atoms with Crippen LogP contribution in [0.4, 0.5) is 0 Å². The van der Waals surface area contributed by atoms with Gasteiger partial charge in [0.15, 0.2) is 12.2 Å². The SMILES string of the molecule is CCCCCCCCCCCC(=O)OC[C@H](COP(=O)(O)OC[C@H](O)COP(=O)(O)OC[C@@H](COC(=O)CCCCCCCCCCCC(C)C)OC(=O)CCCCCCCCCCCCCCCCC(C)CC)OC(=O)CCCCCCCCCCCC(C)C. The van der Waals surface area contributed by atoms with Crippen molar-refractivity contribution in [3.63, 3.8) is 0 Å². The van der Waals surface area contributed by atoms with E-state index in [4.69, 9.17) is 37.0 Å². The molecule has 0 aromatic heterocycles. The second-order valence-electron chi connectivity index (χ2n) is 27.2. The first-order valence-corrected chi connectivity index (χ1v) is 40.4. The average molecular weight is 1340 g/mol. The second kappa shape index (κ2) is 62.8. The maximum atomic E-state index is 13.0. The molecule has 0 spiro atoms. The molecule has 0 saturated carbocycles. The number of carbonyl (C=O) groups is 4. The van der Waals surface area contributed by atoms with Crippen molar-refractivity contribution in [3.8, 4) is 0 Å². The van der Waals surface area contributed by atoms with Crippen LogP contribution in [0.3, 0.4) is 0 Å². The maximum absolute atomic E-state index is 13.0. The molecule has 0 radical (unpaired) electrons. The van der Waals surface area contributed by atoms with Crippen LogP contribution in [0.5, 0.6) is 0 Å². The minimum Gasteiger partial charge on any atom is -0.462 e. The summed E-state index contributed by atoms with van der Waals surface area (Å²) in [5.41, 5.74) is 0. The van der Waals surface area contributed by atoms with Crippen LogP contribution in [0.25, 0.3) is 0 Å². The van der Waals surface area contributed by atoms with E-state index >= 15 is 0 Å². The highest BCUT2D eigenvalue weighted by atomic mass is 31.2. The smallest absolute Gasteiger partial charge is 0.462 e. The van der Waals surface area contributed by atoms with Gasteiger partial charge in [0.05, 0.1) is 26.4 Å². The molecule has 0 aliphatic carbocycles. The number of rotatable bonds is 70. The van der Waals surface area contributed by atoms with Crippen molar-refractivity contribution in [2.75, 3.05) is 39.6 Å². The van der Waals surface area contributed by atoms with Crippen molar-refractivity contribution in [2.45, 2.75) is 381 Å². The van der Waals surface area contributed by atoms with Crippen molar-refractivity contribution in [1.29, 1.82) is 0 Å². The Bertz CT molecular complexity index is 1790. The van der Waals surface area contributed by atoms with Gasteiger partial charge >= 0.3 is 39.5 Å². The molecule has 0 saturated heterocycles. The number of phosphoric ester groups is 2. The Morgan fingerprint density at radius 2 is 0.560 bits per heavy atom. The molecule has 0 aliphatic heterocycles. The van der Waals surface area contributed by atoms with Crippen LogP contribution < -0.4 is 0 Å². The van der Waals surface area contributed by atoms with Crippen LogP contribution in [-0.4, -0.2) is 96.7 Å². The van der Waals surface area contributed by atoms with E-state index in [1.807, 2.05) is 0 Å². The van der Waals surface area contributed by atoms with Crippen molar-refractivity contribution in [1.82, 2.24) is 0 Å². The fourth-order valence-corrected chi connectivity index (χ4v) is 12.4. The normalized spacial score (nSPS) is 14.5. The first-order valence-electron chi connectivity index (χ1n) is 37.4. The van der Waals surface area contributed by atoms with Crippen molar-refractivity contribution in [3.05, 3.63) is 0 Å². The molecule has 17 nitrogen and oxygen atoms in total. The minimum absolute atomic E-state index is 0.105. The zero-order chi connectivity index (χ0) is 67.3. The zero-order valence-electron chi connectivity index (χ0n) is 59.3. The van der Waals surface area contributed by atoms with Gasteiger partial charge in [-0.2, -0.15) is 0 Å². The molecule has 0 heterocycles. The highest BCUT2D eigenvalue weighted by molar-refractivity contribution is 7.47. The molecule has 3 unspecified atom stereocenters. The Labute approximate surface area is 556 Å². The third-order valence-electron chi connectivity index (χ3n) is 17.0. The Hall–Kier alpha value is -1.94. The summed E-state index contributed by atoms with van der Waals surface area (Å²) in [4.78, 5) is 72.6. The standard InChI is InChI=1S/C72H140O17P2/c1-8-10-11-12-13-22-32-39-46-53-69(74)82-59-67(89-72(77)56-49-42-35-28-21-24-30-37-44-51-64(5)6)61-86-90(78,79)84-57-66(73)58-85-91(80,81)87-62-68(60-83-70(75)54-47-40-33-27-20-23-29-36-43-50-63(3)4)88-71(76)55-48-41-34-26-19-17-15-14-16-18-25-31-38-45-52-65(7)9-2/h63-68,73H,8-62H2,1-7H3,(H,78,79)(H,80,81)/t65?,66-,67+,68+/m0/s1. The molecule has 3 N–H and O–H groups in total. The zero-order valence-corrected chi connectivity index (χ0v) is 61.1.